The Morgan fingerprint density at radius 2 is 1.78 bits per heavy atom. The Labute approximate surface area is 300 Å². The van der Waals surface area contributed by atoms with Crippen LogP contribution < -0.4 is 10.6 Å². The number of nitrogens with one attached hydrogen (secondary N) is 2. The molecule has 6 saturated carbocycles. The number of methoxy groups -OCH3 is 1. The summed E-state index contributed by atoms with van der Waals surface area (Å²) in [5, 5.41) is 29.4. The lowest BCUT2D eigenvalue weighted by Gasteiger charge is -2.62. The minimum Gasteiger partial charge on any atom is -0.394 e. The van der Waals surface area contributed by atoms with Crippen LogP contribution in [0.1, 0.15) is 118 Å². The number of alkyl halides is 1. The average Bonchev–Trinajstić information content (AvgIpc) is 3.48. The highest BCUT2D eigenvalue weighted by molar-refractivity contribution is 5.83. The van der Waals surface area contributed by atoms with E-state index in [0.29, 0.717) is 55.0 Å². The number of aliphatic hydroxyl groups excluding tert-OH is 2. The minimum atomic E-state index is -1.12. The molecule has 6 aliphatic carbocycles. The van der Waals surface area contributed by atoms with Crippen molar-refractivity contribution in [1.82, 2.24) is 15.7 Å². The summed E-state index contributed by atoms with van der Waals surface area (Å²) in [5.41, 5.74) is 0.307. The van der Waals surface area contributed by atoms with Gasteiger partial charge in [-0.05, 0) is 99.2 Å². The predicted molar refractivity (Wildman–Crippen MR) is 190 cm³/mol. The SMILES string of the molecule is COC1C(CN2O[C@@H](CO)[C@H]([C@H](C)O)[C@H]2C(=O)N[C@H]2CC3C[C@@H]([C@@H]2C)C3(C)C)CCCC1C1CCC(F)C(C(=O)NCCC2CCCCC2)C1. The molecular formula is C40H68FN3O6. The van der Waals surface area contributed by atoms with E-state index >= 15 is 4.39 Å². The van der Waals surface area contributed by atoms with Gasteiger partial charge < -0.3 is 25.6 Å². The van der Waals surface area contributed by atoms with Crippen LogP contribution in [0.15, 0.2) is 0 Å². The van der Waals surface area contributed by atoms with Crippen LogP contribution in [0.4, 0.5) is 4.39 Å². The third-order valence-electron chi connectivity index (χ3n) is 15.1. The highest BCUT2D eigenvalue weighted by Gasteiger charge is 2.58. The molecule has 50 heavy (non-hydrogen) atoms. The fourth-order valence-corrected chi connectivity index (χ4v) is 11.9. The molecule has 9 nitrogen and oxygen atoms in total. The van der Waals surface area contributed by atoms with Gasteiger partial charge in [0.05, 0.1) is 24.7 Å². The minimum absolute atomic E-state index is 0.0501. The zero-order valence-electron chi connectivity index (χ0n) is 31.5. The first-order valence-electron chi connectivity index (χ1n) is 20.4. The lowest BCUT2D eigenvalue weighted by Crippen LogP contribution is -2.62. The van der Waals surface area contributed by atoms with Gasteiger partial charge in [-0.2, -0.15) is 5.06 Å². The summed E-state index contributed by atoms with van der Waals surface area (Å²) in [6.07, 6.45) is 11.3. The predicted octanol–water partition coefficient (Wildman–Crippen LogP) is 5.42. The summed E-state index contributed by atoms with van der Waals surface area (Å²) < 4.78 is 21.6. The molecule has 2 bridgehead atoms. The third kappa shape index (κ3) is 7.81. The zero-order chi connectivity index (χ0) is 35.7. The molecule has 4 N–H and O–H groups in total. The second-order valence-corrected chi connectivity index (χ2v) is 18.1. The second-order valence-electron chi connectivity index (χ2n) is 18.1. The van der Waals surface area contributed by atoms with Crippen LogP contribution in [0.25, 0.3) is 0 Å². The molecular weight excluding hydrogens is 637 g/mol. The van der Waals surface area contributed by atoms with Crippen molar-refractivity contribution in [3.63, 3.8) is 0 Å². The van der Waals surface area contributed by atoms with E-state index in [9.17, 15) is 19.8 Å². The molecule has 0 spiro atoms. The number of ether oxygens (including phenoxy) is 1. The van der Waals surface area contributed by atoms with E-state index in [0.717, 1.165) is 38.5 Å². The molecule has 1 aliphatic heterocycles. The summed E-state index contributed by atoms with van der Waals surface area (Å²) in [6.45, 7) is 9.42. The molecule has 14 atom stereocenters. The van der Waals surface area contributed by atoms with Gasteiger partial charge in [0.1, 0.15) is 18.3 Å². The summed E-state index contributed by atoms with van der Waals surface area (Å²) in [4.78, 5) is 33.8. The van der Waals surface area contributed by atoms with Crippen LogP contribution >= 0.6 is 0 Å². The lowest BCUT2D eigenvalue weighted by molar-refractivity contribution is -0.193. The Morgan fingerprint density at radius 3 is 2.44 bits per heavy atom. The number of hydroxylamine groups is 2. The summed E-state index contributed by atoms with van der Waals surface area (Å²) >= 11 is 0. The van der Waals surface area contributed by atoms with E-state index in [2.05, 4.69) is 31.4 Å². The third-order valence-corrected chi connectivity index (χ3v) is 15.1. The number of halogens is 1. The lowest BCUT2D eigenvalue weighted by atomic mass is 9.45. The molecule has 2 amide bonds. The molecule has 286 valence electrons. The van der Waals surface area contributed by atoms with Crippen LogP contribution in [0.3, 0.4) is 0 Å². The first kappa shape index (κ1) is 38.4. The summed E-state index contributed by atoms with van der Waals surface area (Å²) in [6, 6.07) is -0.648. The first-order valence-corrected chi connectivity index (χ1v) is 20.4. The molecule has 7 fully saturated rings. The second kappa shape index (κ2) is 16.4. The van der Waals surface area contributed by atoms with Crippen molar-refractivity contribution in [2.45, 2.75) is 154 Å². The van der Waals surface area contributed by atoms with Gasteiger partial charge in [-0.15, -0.1) is 0 Å². The Hall–Kier alpha value is -1.33. The number of nitrogens with zero attached hydrogens (tertiary/aromatic N) is 1. The topological polar surface area (TPSA) is 120 Å². The van der Waals surface area contributed by atoms with E-state index in [-0.39, 0.29) is 48.3 Å². The Bertz CT molecular complexity index is 1150. The number of carbonyl (C=O) groups is 2. The van der Waals surface area contributed by atoms with Crippen molar-refractivity contribution < 1.29 is 33.8 Å². The zero-order valence-corrected chi connectivity index (χ0v) is 31.5. The number of aliphatic hydroxyl groups is 2. The molecule has 0 radical (unpaired) electrons. The number of rotatable bonds is 12. The number of amides is 2. The standard InChI is InChI=1S/C40H68FN3O6/c1-23-31-19-28(40(31,3)4)20-33(23)43-39(48)36-35(24(2)46)34(22-45)50-44(36)21-27-12-9-13-29(37(27)49-5)26-14-15-32(41)30(18-26)38(47)42-17-16-25-10-7-6-8-11-25/h23-37,45-46H,6-22H2,1-5H3,(H,42,47)(H,43,48)/t23-,24-,26?,27?,28?,29?,30?,31-,32?,33-,34-,35-,36-,37?/m0/s1. The normalized spacial score (nSPS) is 42.8. The van der Waals surface area contributed by atoms with Gasteiger partial charge in [0.2, 0.25) is 11.8 Å². The summed E-state index contributed by atoms with van der Waals surface area (Å²) in [5.74, 6) is 1.18. The number of carbonyl (C=O) groups excluding carboxylic acids is 2. The smallest absolute Gasteiger partial charge is 0.240 e. The molecule has 1 saturated heterocycles. The van der Waals surface area contributed by atoms with Gasteiger partial charge in [0.15, 0.2) is 0 Å². The van der Waals surface area contributed by atoms with Crippen LogP contribution in [0.5, 0.6) is 0 Å². The quantitative estimate of drug-likeness (QED) is 0.214. The molecule has 1 heterocycles. The monoisotopic (exact) mass is 706 g/mol. The Morgan fingerprint density at radius 1 is 1.02 bits per heavy atom. The Balaban J connectivity index is 1.10. The van der Waals surface area contributed by atoms with Gasteiger partial charge >= 0.3 is 0 Å². The average molecular weight is 706 g/mol. The van der Waals surface area contributed by atoms with Crippen LogP contribution in [0, 0.1) is 58.7 Å². The van der Waals surface area contributed by atoms with Gasteiger partial charge in [-0.25, -0.2) is 4.39 Å². The molecule has 10 heteroatoms. The highest BCUT2D eigenvalue weighted by atomic mass is 19.1. The fraction of sp³-hybridized carbons (Fsp3) is 0.950. The Kier molecular flexibility index (Phi) is 12.6. The van der Waals surface area contributed by atoms with Gasteiger partial charge in [0.25, 0.3) is 0 Å². The number of hydrogen-bond acceptors (Lipinski definition) is 7. The van der Waals surface area contributed by atoms with Crippen LogP contribution in [-0.2, 0) is 19.2 Å². The summed E-state index contributed by atoms with van der Waals surface area (Å²) in [7, 11) is 1.74. The maximum atomic E-state index is 15.3. The molecule has 0 aromatic carbocycles. The van der Waals surface area contributed by atoms with Crippen LogP contribution in [0.2, 0.25) is 0 Å². The van der Waals surface area contributed by atoms with Crippen molar-refractivity contribution in [2.75, 3.05) is 26.8 Å². The van der Waals surface area contributed by atoms with E-state index < -0.39 is 36.3 Å². The van der Waals surface area contributed by atoms with Crippen molar-refractivity contribution in [3.05, 3.63) is 0 Å². The van der Waals surface area contributed by atoms with E-state index in [4.69, 9.17) is 9.57 Å². The van der Waals surface area contributed by atoms with Crippen molar-refractivity contribution in [2.24, 2.45) is 58.7 Å². The molecule has 7 unspecified atom stereocenters. The van der Waals surface area contributed by atoms with Crippen LogP contribution in [-0.4, -0.2) is 90.5 Å². The maximum absolute atomic E-state index is 15.3. The van der Waals surface area contributed by atoms with E-state index in [1.807, 2.05) is 0 Å². The number of hydrogen-bond donors (Lipinski definition) is 4. The molecule has 0 aromatic rings. The first-order chi connectivity index (χ1) is 23.9. The van der Waals surface area contributed by atoms with Gasteiger partial charge in [-0.3, -0.25) is 14.4 Å². The van der Waals surface area contributed by atoms with E-state index in [1.165, 1.54) is 38.5 Å². The number of fused-ring (bicyclic) bond motifs is 2. The molecule has 0 aromatic heterocycles. The van der Waals surface area contributed by atoms with E-state index in [1.54, 1.807) is 19.1 Å². The van der Waals surface area contributed by atoms with Crippen molar-refractivity contribution in [1.29, 1.82) is 0 Å². The van der Waals surface area contributed by atoms with Gasteiger partial charge in [-0.1, -0.05) is 59.3 Å². The fourth-order valence-electron chi connectivity index (χ4n) is 11.9. The largest absolute Gasteiger partial charge is 0.394 e. The molecule has 7 rings (SSSR count). The molecule has 7 aliphatic rings. The van der Waals surface area contributed by atoms with Crippen molar-refractivity contribution in [3.8, 4) is 0 Å². The van der Waals surface area contributed by atoms with Crippen molar-refractivity contribution >= 4 is 11.8 Å². The van der Waals surface area contributed by atoms with Gasteiger partial charge in [0, 0.05) is 38.1 Å². The maximum Gasteiger partial charge on any atom is 0.240 e. The highest BCUT2D eigenvalue weighted by Crippen LogP contribution is 2.61.